The Morgan fingerprint density at radius 2 is 1.81 bits per heavy atom. The van der Waals surface area contributed by atoms with Crippen molar-refractivity contribution in [2.24, 2.45) is 0 Å². The molecule has 0 bridgehead atoms. The van der Waals surface area contributed by atoms with Crippen LogP contribution in [0.4, 0.5) is 16.0 Å². The Morgan fingerprint density at radius 1 is 1.19 bits per heavy atom. The van der Waals surface area contributed by atoms with Crippen LogP contribution in [0.15, 0.2) is 24.3 Å². The van der Waals surface area contributed by atoms with Gasteiger partial charge in [-0.2, -0.15) is 0 Å². The third-order valence-corrected chi connectivity index (χ3v) is 4.00. The first-order valence-electron chi connectivity index (χ1n) is 8.39. The molecule has 0 aliphatic carbocycles. The first-order chi connectivity index (χ1) is 12.5. The van der Waals surface area contributed by atoms with Crippen LogP contribution in [0, 0.1) is 19.7 Å². The lowest BCUT2D eigenvalue weighted by molar-refractivity contribution is -0.118. The molecule has 3 rings (SSSR count). The summed E-state index contributed by atoms with van der Waals surface area (Å²) in [7, 11) is 0. The second kappa shape index (κ2) is 8.09. The number of morpholine rings is 1. The van der Waals surface area contributed by atoms with E-state index in [1.165, 1.54) is 24.3 Å². The van der Waals surface area contributed by atoms with Gasteiger partial charge in [-0.3, -0.25) is 4.79 Å². The van der Waals surface area contributed by atoms with Crippen LogP contribution in [0.5, 0.6) is 5.75 Å². The smallest absolute Gasteiger partial charge is 0.262 e. The van der Waals surface area contributed by atoms with Crippen LogP contribution in [0.25, 0.3) is 0 Å². The van der Waals surface area contributed by atoms with Crippen molar-refractivity contribution in [2.75, 3.05) is 43.1 Å². The van der Waals surface area contributed by atoms with Gasteiger partial charge in [0, 0.05) is 13.1 Å². The van der Waals surface area contributed by atoms with Crippen molar-refractivity contribution in [3.63, 3.8) is 0 Å². The fourth-order valence-electron chi connectivity index (χ4n) is 2.64. The topological polar surface area (TPSA) is 76.6 Å². The molecule has 1 aliphatic rings. The highest BCUT2D eigenvalue weighted by Gasteiger charge is 2.18. The zero-order chi connectivity index (χ0) is 18.5. The van der Waals surface area contributed by atoms with E-state index in [9.17, 15) is 9.18 Å². The third-order valence-electron chi connectivity index (χ3n) is 4.00. The van der Waals surface area contributed by atoms with Gasteiger partial charge in [-0.05, 0) is 38.1 Å². The number of ether oxygens (including phenoxy) is 2. The molecule has 2 heterocycles. The Hall–Kier alpha value is -2.74. The highest BCUT2D eigenvalue weighted by Crippen LogP contribution is 2.21. The average molecular weight is 360 g/mol. The Balaban J connectivity index is 1.63. The number of carbonyl (C=O) groups excluding carboxylic acids is 1. The van der Waals surface area contributed by atoms with Crippen LogP contribution in [0.1, 0.15) is 11.4 Å². The summed E-state index contributed by atoms with van der Waals surface area (Å²) in [6.07, 6.45) is 0. The van der Waals surface area contributed by atoms with Gasteiger partial charge in [0.1, 0.15) is 11.6 Å². The Bertz CT molecular complexity index is 754. The maximum atomic E-state index is 12.9. The summed E-state index contributed by atoms with van der Waals surface area (Å²) in [5.74, 6) is 0.381. The maximum Gasteiger partial charge on any atom is 0.262 e. The summed E-state index contributed by atoms with van der Waals surface area (Å²) in [5, 5.41) is 2.78. The van der Waals surface area contributed by atoms with Crippen molar-refractivity contribution < 1.29 is 18.7 Å². The van der Waals surface area contributed by atoms with Crippen molar-refractivity contribution in [3.05, 3.63) is 41.5 Å². The van der Waals surface area contributed by atoms with E-state index in [0.717, 1.165) is 13.1 Å². The molecule has 1 aromatic carbocycles. The molecule has 1 fully saturated rings. The first-order valence-corrected chi connectivity index (χ1v) is 8.39. The molecule has 0 radical (unpaired) electrons. The number of nitrogens with zero attached hydrogens (tertiary/aromatic N) is 3. The van der Waals surface area contributed by atoms with E-state index < -0.39 is 0 Å². The lowest BCUT2D eigenvalue weighted by Crippen LogP contribution is -2.37. The quantitative estimate of drug-likeness (QED) is 0.880. The molecule has 1 aliphatic heterocycles. The van der Waals surface area contributed by atoms with E-state index in [2.05, 4.69) is 20.2 Å². The van der Waals surface area contributed by atoms with Crippen molar-refractivity contribution in [2.45, 2.75) is 13.8 Å². The monoisotopic (exact) mass is 360 g/mol. The Kier molecular flexibility index (Phi) is 5.62. The minimum absolute atomic E-state index is 0.185. The normalized spacial score (nSPS) is 14.2. The molecule has 1 N–H and O–H groups in total. The lowest BCUT2D eigenvalue weighted by atomic mass is 10.2. The lowest BCUT2D eigenvalue weighted by Gasteiger charge is -2.27. The number of anilines is 2. The molecule has 7 nitrogen and oxygen atoms in total. The van der Waals surface area contributed by atoms with E-state index >= 15 is 0 Å². The predicted molar refractivity (Wildman–Crippen MR) is 95.1 cm³/mol. The average Bonchev–Trinajstić information content (AvgIpc) is 2.65. The molecule has 0 saturated carbocycles. The van der Waals surface area contributed by atoms with Gasteiger partial charge >= 0.3 is 0 Å². The number of rotatable bonds is 5. The highest BCUT2D eigenvalue weighted by atomic mass is 19.1. The van der Waals surface area contributed by atoms with Crippen LogP contribution in [-0.4, -0.2) is 48.8 Å². The SMILES string of the molecule is Cc1nc(N2CCOCC2)nc(C)c1NC(=O)COc1ccc(F)cc1. The van der Waals surface area contributed by atoms with Crippen LogP contribution < -0.4 is 15.0 Å². The van der Waals surface area contributed by atoms with Gasteiger partial charge in [0.25, 0.3) is 5.91 Å². The molecule has 8 heteroatoms. The molecular weight excluding hydrogens is 339 g/mol. The van der Waals surface area contributed by atoms with Crippen LogP contribution in [0.2, 0.25) is 0 Å². The summed E-state index contributed by atoms with van der Waals surface area (Å²) >= 11 is 0. The van der Waals surface area contributed by atoms with Gasteiger partial charge < -0.3 is 19.7 Å². The molecule has 0 unspecified atom stereocenters. The summed E-state index contributed by atoms with van der Waals surface area (Å²) in [5.41, 5.74) is 1.96. The Morgan fingerprint density at radius 3 is 2.42 bits per heavy atom. The van der Waals surface area contributed by atoms with Gasteiger partial charge in [-0.15, -0.1) is 0 Å². The number of halogens is 1. The van der Waals surface area contributed by atoms with Gasteiger partial charge in [-0.25, -0.2) is 14.4 Å². The molecule has 26 heavy (non-hydrogen) atoms. The number of aryl methyl sites for hydroxylation is 2. The van der Waals surface area contributed by atoms with Crippen LogP contribution in [-0.2, 0) is 9.53 Å². The van der Waals surface area contributed by atoms with Gasteiger partial charge in [-0.1, -0.05) is 0 Å². The largest absolute Gasteiger partial charge is 0.484 e. The second-order valence-electron chi connectivity index (χ2n) is 5.96. The number of hydrogen-bond acceptors (Lipinski definition) is 6. The number of amides is 1. The molecule has 138 valence electrons. The summed E-state index contributed by atoms with van der Waals surface area (Å²) in [6.45, 7) is 6.27. The summed E-state index contributed by atoms with van der Waals surface area (Å²) < 4.78 is 23.6. The van der Waals surface area contributed by atoms with Crippen molar-refractivity contribution >= 4 is 17.5 Å². The van der Waals surface area contributed by atoms with Crippen LogP contribution in [0.3, 0.4) is 0 Å². The number of aromatic nitrogens is 2. The number of nitrogens with one attached hydrogen (secondary N) is 1. The zero-order valence-electron chi connectivity index (χ0n) is 14.8. The second-order valence-corrected chi connectivity index (χ2v) is 5.96. The molecule has 1 amide bonds. The van der Waals surface area contributed by atoms with E-state index in [1.54, 1.807) is 0 Å². The standard InChI is InChI=1S/C18H21FN4O3/c1-12-17(13(2)21-18(20-12)23-7-9-25-10-8-23)22-16(24)11-26-15-5-3-14(19)4-6-15/h3-6H,7-11H2,1-2H3,(H,22,24). The van der Waals surface area contributed by atoms with Crippen molar-refractivity contribution in [1.82, 2.24) is 9.97 Å². The summed E-state index contributed by atoms with van der Waals surface area (Å²) in [4.78, 5) is 23.2. The number of hydrogen-bond donors (Lipinski definition) is 1. The van der Waals surface area contributed by atoms with Crippen LogP contribution >= 0.6 is 0 Å². The molecule has 1 aromatic heterocycles. The number of carbonyl (C=O) groups is 1. The van der Waals surface area contributed by atoms with E-state index in [-0.39, 0.29) is 18.3 Å². The molecule has 1 saturated heterocycles. The van der Waals surface area contributed by atoms with E-state index in [1.807, 2.05) is 13.8 Å². The number of benzene rings is 1. The Labute approximate surface area is 151 Å². The summed E-state index contributed by atoms with van der Waals surface area (Å²) in [6, 6.07) is 5.50. The van der Waals surface area contributed by atoms with E-state index in [4.69, 9.17) is 9.47 Å². The van der Waals surface area contributed by atoms with Crippen molar-refractivity contribution in [3.8, 4) is 5.75 Å². The minimum Gasteiger partial charge on any atom is -0.484 e. The molecule has 0 atom stereocenters. The first kappa shape index (κ1) is 18.1. The molecular formula is C18H21FN4O3. The fourth-order valence-corrected chi connectivity index (χ4v) is 2.64. The molecule has 2 aromatic rings. The fraction of sp³-hybridized carbons (Fsp3) is 0.389. The third kappa shape index (κ3) is 4.45. The predicted octanol–water partition coefficient (Wildman–Crippen LogP) is 2.09. The van der Waals surface area contributed by atoms with Gasteiger partial charge in [0.05, 0.1) is 30.3 Å². The van der Waals surface area contributed by atoms with E-state index in [0.29, 0.717) is 42.0 Å². The van der Waals surface area contributed by atoms with Crippen molar-refractivity contribution in [1.29, 1.82) is 0 Å². The van der Waals surface area contributed by atoms with Gasteiger partial charge in [0.15, 0.2) is 6.61 Å². The zero-order valence-corrected chi connectivity index (χ0v) is 14.8. The molecule has 0 spiro atoms. The minimum atomic E-state index is -0.356. The van der Waals surface area contributed by atoms with Gasteiger partial charge in [0.2, 0.25) is 5.95 Å². The highest BCUT2D eigenvalue weighted by molar-refractivity contribution is 5.93. The maximum absolute atomic E-state index is 12.9.